The Morgan fingerprint density at radius 3 is 2.67 bits per heavy atom. The zero-order valence-electron chi connectivity index (χ0n) is 17.2. The quantitative estimate of drug-likeness (QED) is 0.498. The van der Waals surface area contributed by atoms with Gasteiger partial charge in [0.05, 0.1) is 12.8 Å². The molecule has 0 aliphatic heterocycles. The molecule has 0 radical (unpaired) electrons. The molecule has 1 N–H and O–H groups in total. The van der Waals surface area contributed by atoms with Gasteiger partial charge in [0, 0.05) is 36.8 Å². The Kier molecular flexibility index (Phi) is 5.80. The fourth-order valence-electron chi connectivity index (χ4n) is 3.74. The summed E-state index contributed by atoms with van der Waals surface area (Å²) in [5.41, 5.74) is 5.02. The minimum atomic E-state index is -0.186. The Hall–Kier alpha value is -3.60. The molecule has 1 atom stereocenters. The highest BCUT2D eigenvalue weighted by molar-refractivity contribution is 5.77. The molecule has 5 heteroatoms. The lowest BCUT2D eigenvalue weighted by atomic mass is 9.91. The van der Waals surface area contributed by atoms with Crippen LogP contribution >= 0.6 is 0 Å². The summed E-state index contributed by atoms with van der Waals surface area (Å²) in [5.74, 6) is 0.562. The molecule has 1 unspecified atom stereocenters. The summed E-state index contributed by atoms with van der Waals surface area (Å²) in [6, 6.07) is 21.9. The predicted octanol–water partition coefficient (Wildman–Crippen LogP) is 4.49. The molecular weight excluding hydrogens is 374 g/mol. The van der Waals surface area contributed by atoms with Gasteiger partial charge in [-0.15, -0.1) is 0 Å². The maximum atomic E-state index is 12.9. The van der Waals surface area contributed by atoms with Crippen LogP contribution in [0.1, 0.15) is 34.7 Å². The summed E-state index contributed by atoms with van der Waals surface area (Å²) in [5, 5.41) is 3.05. The van der Waals surface area contributed by atoms with Gasteiger partial charge in [-0.1, -0.05) is 48.5 Å². The number of carbonyl (C=O) groups excluding carboxylic acids is 1. The van der Waals surface area contributed by atoms with Gasteiger partial charge in [0.25, 0.3) is 0 Å². The highest BCUT2D eigenvalue weighted by atomic mass is 16.5. The van der Waals surface area contributed by atoms with Crippen molar-refractivity contribution in [2.24, 2.45) is 0 Å². The molecule has 0 saturated carbocycles. The molecule has 0 bridgehead atoms. The van der Waals surface area contributed by atoms with Crippen LogP contribution in [0.15, 0.2) is 79.1 Å². The molecule has 0 aliphatic carbocycles. The van der Waals surface area contributed by atoms with Crippen LogP contribution in [0.2, 0.25) is 0 Å². The highest BCUT2D eigenvalue weighted by Crippen LogP contribution is 2.34. The number of carbonyl (C=O) groups is 1. The van der Waals surface area contributed by atoms with E-state index in [4.69, 9.17) is 4.74 Å². The summed E-state index contributed by atoms with van der Waals surface area (Å²) < 4.78 is 7.66. The first-order valence-corrected chi connectivity index (χ1v) is 10.0. The van der Waals surface area contributed by atoms with Crippen LogP contribution in [-0.2, 0) is 11.3 Å². The average Bonchev–Trinajstić information content (AvgIpc) is 3.19. The number of imidazole rings is 1. The molecule has 4 aromatic rings. The number of pyridine rings is 1. The zero-order valence-corrected chi connectivity index (χ0v) is 17.2. The number of amides is 1. The van der Waals surface area contributed by atoms with E-state index < -0.39 is 0 Å². The summed E-state index contributed by atoms with van der Waals surface area (Å²) >= 11 is 0. The average molecular weight is 399 g/mol. The van der Waals surface area contributed by atoms with Crippen LogP contribution in [0.3, 0.4) is 0 Å². The van der Waals surface area contributed by atoms with Crippen molar-refractivity contribution in [2.75, 3.05) is 7.11 Å². The number of nitrogens with one attached hydrogen (secondary N) is 1. The fourth-order valence-corrected chi connectivity index (χ4v) is 3.74. The third-order valence-electron chi connectivity index (χ3n) is 5.29. The van der Waals surface area contributed by atoms with Crippen molar-refractivity contribution in [3.8, 4) is 5.75 Å². The molecule has 152 valence electrons. The number of methoxy groups -OCH3 is 1. The molecule has 5 nitrogen and oxygen atoms in total. The molecule has 2 aromatic heterocycles. The summed E-state index contributed by atoms with van der Waals surface area (Å²) in [4.78, 5) is 17.5. The maximum Gasteiger partial charge on any atom is 0.221 e. The Labute approximate surface area is 176 Å². The fraction of sp³-hybridized carbons (Fsp3) is 0.200. The molecule has 0 aliphatic rings. The standard InChI is InChI=1S/C25H25N3O2/c1-18-12-13-28-22(17-26-24(28)14-18)21(20-10-6-7-11-23(20)30-2)15-25(29)27-16-19-8-4-3-5-9-19/h3-14,17,21H,15-16H2,1-2H3,(H,27,29). The smallest absolute Gasteiger partial charge is 0.221 e. The van der Waals surface area contributed by atoms with Crippen molar-refractivity contribution in [2.45, 2.75) is 25.8 Å². The van der Waals surface area contributed by atoms with E-state index in [9.17, 15) is 4.79 Å². The van der Waals surface area contributed by atoms with E-state index in [1.54, 1.807) is 7.11 Å². The predicted molar refractivity (Wildman–Crippen MR) is 118 cm³/mol. The van der Waals surface area contributed by atoms with E-state index in [1.165, 1.54) is 0 Å². The van der Waals surface area contributed by atoms with E-state index in [1.807, 2.05) is 86.0 Å². The van der Waals surface area contributed by atoms with Crippen molar-refractivity contribution < 1.29 is 9.53 Å². The highest BCUT2D eigenvalue weighted by Gasteiger charge is 2.24. The topological polar surface area (TPSA) is 55.6 Å². The number of ether oxygens (including phenoxy) is 1. The van der Waals surface area contributed by atoms with Crippen LogP contribution in [0.25, 0.3) is 5.65 Å². The van der Waals surface area contributed by atoms with Crippen molar-refractivity contribution in [3.63, 3.8) is 0 Å². The number of hydrogen-bond acceptors (Lipinski definition) is 3. The number of fused-ring (bicyclic) bond motifs is 1. The maximum absolute atomic E-state index is 12.9. The van der Waals surface area contributed by atoms with Gasteiger partial charge in [-0.05, 0) is 36.2 Å². The second kappa shape index (κ2) is 8.82. The number of rotatable bonds is 7. The lowest BCUT2D eigenvalue weighted by molar-refractivity contribution is -0.121. The number of benzene rings is 2. The van der Waals surface area contributed by atoms with Gasteiger partial charge in [-0.2, -0.15) is 0 Å². The lowest BCUT2D eigenvalue weighted by Gasteiger charge is -2.20. The van der Waals surface area contributed by atoms with E-state index in [2.05, 4.69) is 14.7 Å². The molecule has 30 heavy (non-hydrogen) atoms. The Morgan fingerprint density at radius 1 is 1.10 bits per heavy atom. The summed E-state index contributed by atoms with van der Waals surface area (Å²) in [6.07, 6.45) is 4.17. The van der Waals surface area contributed by atoms with E-state index in [0.717, 1.165) is 33.8 Å². The number of aryl methyl sites for hydroxylation is 1. The number of hydrogen-bond donors (Lipinski definition) is 1. The molecule has 1 amide bonds. The zero-order chi connectivity index (χ0) is 20.9. The third kappa shape index (κ3) is 4.20. The van der Waals surface area contributed by atoms with Gasteiger partial charge < -0.3 is 14.5 Å². The van der Waals surface area contributed by atoms with Crippen molar-refractivity contribution in [1.82, 2.24) is 14.7 Å². The van der Waals surface area contributed by atoms with Gasteiger partial charge in [0.15, 0.2) is 0 Å². The van der Waals surface area contributed by atoms with E-state index >= 15 is 0 Å². The minimum Gasteiger partial charge on any atom is -0.496 e. The van der Waals surface area contributed by atoms with Crippen molar-refractivity contribution in [3.05, 3.63) is 102 Å². The van der Waals surface area contributed by atoms with Gasteiger partial charge >= 0.3 is 0 Å². The normalized spacial score (nSPS) is 11.9. The first kappa shape index (κ1) is 19.7. The van der Waals surface area contributed by atoms with Crippen LogP contribution in [-0.4, -0.2) is 22.4 Å². The van der Waals surface area contributed by atoms with Gasteiger partial charge in [-0.3, -0.25) is 4.79 Å². The second-order valence-corrected chi connectivity index (χ2v) is 7.38. The van der Waals surface area contributed by atoms with Crippen LogP contribution in [0.5, 0.6) is 5.75 Å². The first-order valence-electron chi connectivity index (χ1n) is 10.0. The van der Waals surface area contributed by atoms with Gasteiger partial charge in [0.1, 0.15) is 11.4 Å². The largest absolute Gasteiger partial charge is 0.496 e. The lowest BCUT2D eigenvalue weighted by Crippen LogP contribution is -2.25. The second-order valence-electron chi connectivity index (χ2n) is 7.38. The Bertz CT molecular complexity index is 1150. The molecule has 2 heterocycles. The van der Waals surface area contributed by atoms with Crippen LogP contribution in [0.4, 0.5) is 0 Å². The van der Waals surface area contributed by atoms with E-state index in [0.29, 0.717) is 13.0 Å². The van der Waals surface area contributed by atoms with Gasteiger partial charge in [-0.25, -0.2) is 4.98 Å². The monoisotopic (exact) mass is 399 g/mol. The van der Waals surface area contributed by atoms with Crippen molar-refractivity contribution >= 4 is 11.6 Å². The SMILES string of the molecule is COc1ccccc1C(CC(=O)NCc1ccccc1)c1cnc2cc(C)ccn12. The number of nitrogens with zero attached hydrogens (tertiary/aromatic N) is 2. The van der Waals surface area contributed by atoms with Crippen LogP contribution in [0, 0.1) is 6.92 Å². The summed E-state index contributed by atoms with van der Waals surface area (Å²) in [6.45, 7) is 2.55. The molecular formula is C25H25N3O2. The van der Waals surface area contributed by atoms with Crippen LogP contribution < -0.4 is 10.1 Å². The molecule has 0 fully saturated rings. The first-order chi connectivity index (χ1) is 14.7. The molecule has 0 saturated heterocycles. The minimum absolute atomic E-state index is 0.0168. The molecule has 2 aromatic carbocycles. The Balaban J connectivity index is 1.66. The third-order valence-corrected chi connectivity index (χ3v) is 5.29. The Morgan fingerprint density at radius 2 is 1.87 bits per heavy atom. The molecule has 0 spiro atoms. The van der Waals surface area contributed by atoms with Gasteiger partial charge in [0.2, 0.25) is 5.91 Å². The number of para-hydroxylation sites is 1. The van der Waals surface area contributed by atoms with E-state index in [-0.39, 0.29) is 11.8 Å². The summed E-state index contributed by atoms with van der Waals surface area (Å²) in [7, 11) is 1.66. The van der Waals surface area contributed by atoms with Crippen molar-refractivity contribution in [1.29, 1.82) is 0 Å². The molecule has 4 rings (SSSR count). The number of aromatic nitrogens is 2.